The van der Waals surface area contributed by atoms with Gasteiger partial charge in [-0.05, 0) is 38.7 Å². The van der Waals surface area contributed by atoms with Crippen LogP contribution in [0.4, 0.5) is 5.82 Å². The van der Waals surface area contributed by atoms with Crippen LogP contribution in [0.15, 0.2) is 17.6 Å². The number of aryl methyl sites for hydroxylation is 1. The molecule has 1 saturated carbocycles. The van der Waals surface area contributed by atoms with Gasteiger partial charge in [0.05, 0.1) is 11.6 Å². The third-order valence-corrected chi connectivity index (χ3v) is 5.23. The molecule has 0 radical (unpaired) electrons. The first-order valence-corrected chi connectivity index (χ1v) is 9.39. The van der Waals surface area contributed by atoms with Crippen LogP contribution in [0.5, 0.6) is 0 Å². The molecule has 2 atom stereocenters. The molecule has 2 N–H and O–H groups in total. The van der Waals surface area contributed by atoms with Gasteiger partial charge in [-0.15, -0.1) is 0 Å². The Bertz CT molecular complexity index is 864. The van der Waals surface area contributed by atoms with E-state index in [1.165, 1.54) is 6.20 Å². The summed E-state index contributed by atoms with van der Waals surface area (Å²) in [5.74, 6) is 0.477. The van der Waals surface area contributed by atoms with Crippen molar-refractivity contribution >= 4 is 26.6 Å². The molecule has 0 saturated heterocycles. The van der Waals surface area contributed by atoms with Crippen LogP contribution in [-0.2, 0) is 9.84 Å². The highest BCUT2D eigenvalue weighted by molar-refractivity contribution is 7.90. The molecule has 8 heteroatoms. The van der Waals surface area contributed by atoms with Gasteiger partial charge in [0.25, 0.3) is 0 Å². The molecular weight excluding hydrogens is 316 g/mol. The number of sulfone groups is 1. The molecule has 0 spiro atoms. The Hall–Kier alpha value is -1.80. The summed E-state index contributed by atoms with van der Waals surface area (Å²) in [7, 11) is -3.50. The number of hydrogen-bond donors (Lipinski definition) is 2. The van der Waals surface area contributed by atoms with Gasteiger partial charge in [0.1, 0.15) is 5.52 Å². The van der Waals surface area contributed by atoms with Crippen molar-refractivity contribution in [3.05, 3.63) is 18.0 Å². The molecular formula is C15H20N4O3S. The summed E-state index contributed by atoms with van der Waals surface area (Å²) in [4.78, 5) is 12.5. The zero-order valence-corrected chi connectivity index (χ0v) is 14.2. The highest BCUT2D eigenvalue weighted by atomic mass is 32.2. The lowest BCUT2D eigenvalue weighted by molar-refractivity contribution is 0.0578. The average Bonchev–Trinajstić information content (AvgIpc) is 2.79. The first-order valence-electron chi connectivity index (χ1n) is 7.50. The van der Waals surface area contributed by atoms with Crippen LogP contribution in [0, 0.1) is 6.92 Å². The summed E-state index contributed by atoms with van der Waals surface area (Å²) in [6.45, 7) is 3.67. The van der Waals surface area contributed by atoms with Crippen LogP contribution in [0.25, 0.3) is 10.9 Å². The minimum absolute atomic E-state index is 0.141. The molecule has 0 aliphatic heterocycles. The third kappa shape index (κ3) is 3.00. The van der Waals surface area contributed by atoms with Gasteiger partial charge < -0.3 is 10.4 Å². The second kappa shape index (κ2) is 5.38. The van der Waals surface area contributed by atoms with Crippen LogP contribution >= 0.6 is 0 Å². The summed E-state index contributed by atoms with van der Waals surface area (Å²) in [6.07, 6.45) is 6.75. The van der Waals surface area contributed by atoms with E-state index in [9.17, 15) is 13.5 Å². The monoisotopic (exact) mass is 336 g/mol. The lowest BCUT2D eigenvalue weighted by atomic mass is 10.0. The van der Waals surface area contributed by atoms with E-state index in [-0.39, 0.29) is 11.2 Å². The minimum atomic E-state index is -3.50. The fraction of sp³-hybridized carbons (Fsp3) is 0.533. The molecule has 2 heterocycles. The molecule has 0 aromatic carbocycles. The van der Waals surface area contributed by atoms with Crippen molar-refractivity contribution in [2.45, 2.75) is 49.9 Å². The number of hydrogen-bond acceptors (Lipinski definition) is 7. The molecule has 23 heavy (non-hydrogen) atoms. The summed E-state index contributed by atoms with van der Waals surface area (Å²) < 4.78 is 23.4. The van der Waals surface area contributed by atoms with Crippen molar-refractivity contribution in [1.82, 2.24) is 15.0 Å². The molecule has 1 fully saturated rings. The van der Waals surface area contributed by atoms with E-state index in [1.807, 2.05) is 6.92 Å². The lowest BCUT2D eigenvalue weighted by Gasteiger charge is -2.27. The predicted molar refractivity (Wildman–Crippen MR) is 87.1 cm³/mol. The molecule has 1 aliphatic rings. The zero-order valence-electron chi connectivity index (χ0n) is 13.4. The van der Waals surface area contributed by atoms with E-state index in [1.54, 1.807) is 13.1 Å². The van der Waals surface area contributed by atoms with Crippen LogP contribution < -0.4 is 5.32 Å². The van der Waals surface area contributed by atoms with Crippen molar-refractivity contribution in [3.63, 3.8) is 0 Å². The van der Waals surface area contributed by atoms with Gasteiger partial charge in [-0.1, -0.05) is 0 Å². The summed E-state index contributed by atoms with van der Waals surface area (Å²) in [5, 5.41) is 14.2. The highest BCUT2D eigenvalue weighted by Crippen LogP contribution is 2.33. The molecule has 0 amide bonds. The second-order valence-electron chi connectivity index (χ2n) is 6.42. The Morgan fingerprint density at radius 3 is 2.70 bits per heavy atom. The number of nitrogens with one attached hydrogen (secondary N) is 1. The summed E-state index contributed by atoms with van der Waals surface area (Å²) in [6, 6.07) is -0.141. The maximum atomic E-state index is 11.7. The fourth-order valence-corrected chi connectivity index (χ4v) is 3.45. The SMILES string of the molecule is Cc1cnc(N[C@@H]2CCC[C@@]2(C)O)c2nc(S(C)(=O)=O)ncc12. The number of fused-ring (bicyclic) bond motifs is 1. The van der Waals surface area contributed by atoms with Gasteiger partial charge in [-0.3, -0.25) is 0 Å². The Labute approximate surface area is 135 Å². The molecule has 2 aromatic heterocycles. The second-order valence-corrected chi connectivity index (χ2v) is 8.33. The Morgan fingerprint density at radius 1 is 1.35 bits per heavy atom. The molecule has 7 nitrogen and oxygen atoms in total. The van der Waals surface area contributed by atoms with Gasteiger partial charge in [0.2, 0.25) is 15.0 Å². The summed E-state index contributed by atoms with van der Waals surface area (Å²) >= 11 is 0. The molecule has 124 valence electrons. The maximum Gasteiger partial charge on any atom is 0.247 e. The van der Waals surface area contributed by atoms with E-state index in [0.717, 1.165) is 36.5 Å². The number of rotatable bonds is 3. The number of aliphatic hydroxyl groups is 1. The topological polar surface area (TPSA) is 105 Å². The normalized spacial score (nSPS) is 25.0. The fourth-order valence-electron chi connectivity index (χ4n) is 2.95. The van der Waals surface area contributed by atoms with E-state index >= 15 is 0 Å². The lowest BCUT2D eigenvalue weighted by Crippen LogP contribution is -2.39. The third-order valence-electron chi connectivity index (χ3n) is 4.37. The smallest absolute Gasteiger partial charge is 0.247 e. The van der Waals surface area contributed by atoms with E-state index in [2.05, 4.69) is 20.3 Å². The van der Waals surface area contributed by atoms with Crippen LogP contribution in [-0.4, -0.2) is 46.4 Å². The largest absolute Gasteiger partial charge is 0.388 e. The highest BCUT2D eigenvalue weighted by Gasteiger charge is 2.37. The standard InChI is InChI=1S/C15H20N4O3S/c1-9-7-16-13(18-11-5-4-6-15(11,2)20)12-10(9)8-17-14(19-12)23(3,21)22/h7-8,11,20H,4-6H2,1-3H3,(H,16,18)/t11-,15-/m1/s1. The molecule has 1 aliphatic carbocycles. The van der Waals surface area contributed by atoms with E-state index in [4.69, 9.17) is 0 Å². The van der Waals surface area contributed by atoms with Crippen LogP contribution in [0.2, 0.25) is 0 Å². The molecule has 0 bridgehead atoms. The Kier molecular flexibility index (Phi) is 3.76. The van der Waals surface area contributed by atoms with Gasteiger partial charge in [-0.2, -0.15) is 0 Å². The van der Waals surface area contributed by atoms with Crippen LogP contribution in [0.1, 0.15) is 31.7 Å². The number of anilines is 1. The van der Waals surface area contributed by atoms with Gasteiger partial charge in [0.15, 0.2) is 5.82 Å². The first-order chi connectivity index (χ1) is 10.7. The molecule has 3 rings (SSSR count). The molecule has 0 unspecified atom stereocenters. The van der Waals surface area contributed by atoms with Crippen molar-refractivity contribution in [2.75, 3.05) is 11.6 Å². The Morgan fingerprint density at radius 2 is 2.09 bits per heavy atom. The minimum Gasteiger partial charge on any atom is -0.388 e. The number of nitrogens with zero attached hydrogens (tertiary/aromatic N) is 3. The zero-order chi connectivity index (χ0) is 16.8. The average molecular weight is 336 g/mol. The van der Waals surface area contributed by atoms with Crippen molar-refractivity contribution in [2.24, 2.45) is 0 Å². The first kappa shape index (κ1) is 16.1. The number of pyridine rings is 1. The van der Waals surface area contributed by atoms with Gasteiger partial charge in [-0.25, -0.2) is 23.4 Å². The van der Waals surface area contributed by atoms with Crippen molar-refractivity contribution in [1.29, 1.82) is 0 Å². The van der Waals surface area contributed by atoms with E-state index < -0.39 is 15.4 Å². The summed E-state index contributed by atoms with van der Waals surface area (Å²) in [5.41, 5.74) is 0.512. The van der Waals surface area contributed by atoms with Gasteiger partial charge in [0, 0.05) is 24.0 Å². The maximum absolute atomic E-state index is 11.7. The van der Waals surface area contributed by atoms with E-state index in [0.29, 0.717) is 11.3 Å². The van der Waals surface area contributed by atoms with Crippen LogP contribution in [0.3, 0.4) is 0 Å². The van der Waals surface area contributed by atoms with Gasteiger partial charge >= 0.3 is 0 Å². The van der Waals surface area contributed by atoms with Crippen molar-refractivity contribution in [3.8, 4) is 0 Å². The predicted octanol–water partition coefficient (Wildman–Crippen LogP) is 1.45. The number of aromatic nitrogens is 3. The van der Waals surface area contributed by atoms with Crippen molar-refractivity contribution < 1.29 is 13.5 Å². The Balaban J connectivity index is 2.11. The molecule has 2 aromatic rings. The quantitative estimate of drug-likeness (QED) is 0.817.